The number of benzene rings is 1. The highest BCUT2D eigenvalue weighted by atomic mass is 16.5. The van der Waals surface area contributed by atoms with Crippen molar-refractivity contribution in [2.75, 3.05) is 0 Å². The molecule has 1 aromatic carbocycles. The SMILES string of the molecule is Cc1cc(C)c(C2=C(O)C(C)(C)N(O)C2=O)c(C)c1. The number of hydroxylamine groups is 2. The van der Waals surface area contributed by atoms with Crippen LogP contribution in [0.2, 0.25) is 0 Å². The lowest BCUT2D eigenvalue weighted by molar-refractivity contribution is -0.175. The minimum Gasteiger partial charge on any atom is -0.509 e. The van der Waals surface area contributed by atoms with Crippen molar-refractivity contribution in [1.29, 1.82) is 0 Å². The Labute approximate surface area is 112 Å². The maximum absolute atomic E-state index is 12.2. The summed E-state index contributed by atoms with van der Waals surface area (Å²) < 4.78 is 0. The van der Waals surface area contributed by atoms with Crippen LogP contribution in [0, 0.1) is 20.8 Å². The van der Waals surface area contributed by atoms with Crippen molar-refractivity contribution in [3.63, 3.8) is 0 Å². The summed E-state index contributed by atoms with van der Waals surface area (Å²) in [6.07, 6.45) is 0. The van der Waals surface area contributed by atoms with Crippen molar-refractivity contribution in [2.45, 2.75) is 40.2 Å². The van der Waals surface area contributed by atoms with Gasteiger partial charge in [-0.1, -0.05) is 17.7 Å². The molecular formula is C15H19NO3. The fourth-order valence-electron chi connectivity index (χ4n) is 2.67. The number of aliphatic hydroxyl groups is 1. The molecule has 1 amide bonds. The van der Waals surface area contributed by atoms with Crippen molar-refractivity contribution in [1.82, 2.24) is 5.06 Å². The second kappa shape index (κ2) is 4.10. The van der Waals surface area contributed by atoms with E-state index in [-0.39, 0.29) is 11.3 Å². The molecule has 1 aliphatic rings. The average molecular weight is 261 g/mol. The Hall–Kier alpha value is -1.81. The van der Waals surface area contributed by atoms with Gasteiger partial charge in [-0.2, -0.15) is 0 Å². The minimum absolute atomic E-state index is 0.0879. The molecule has 2 N–H and O–H groups in total. The Balaban J connectivity index is 2.73. The number of nitrogens with zero attached hydrogens (tertiary/aromatic N) is 1. The zero-order chi connectivity index (χ0) is 14.5. The number of carbonyl (C=O) groups is 1. The molecule has 1 aromatic rings. The molecule has 0 aromatic heterocycles. The van der Waals surface area contributed by atoms with Gasteiger partial charge in [0.1, 0.15) is 11.3 Å². The Morgan fingerprint density at radius 3 is 1.95 bits per heavy atom. The van der Waals surface area contributed by atoms with E-state index >= 15 is 0 Å². The molecule has 2 rings (SSSR count). The third-order valence-electron chi connectivity index (χ3n) is 3.68. The third kappa shape index (κ3) is 1.83. The van der Waals surface area contributed by atoms with Crippen molar-refractivity contribution in [2.24, 2.45) is 0 Å². The summed E-state index contributed by atoms with van der Waals surface area (Å²) >= 11 is 0. The van der Waals surface area contributed by atoms with E-state index in [4.69, 9.17) is 0 Å². The summed E-state index contributed by atoms with van der Waals surface area (Å²) in [6, 6.07) is 3.92. The van der Waals surface area contributed by atoms with E-state index in [1.807, 2.05) is 32.9 Å². The number of amides is 1. The molecule has 19 heavy (non-hydrogen) atoms. The van der Waals surface area contributed by atoms with Crippen LogP contribution >= 0.6 is 0 Å². The fraction of sp³-hybridized carbons (Fsp3) is 0.400. The Morgan fingerprint density at radius 2 is 1.58 bits per heavy atom. The average Bonchev–Trinajstić information content (AvgIpc) is 2.43. The first-order chi connectivity index (χ1) is 8.67. The summed E-state index contributed by atoms with van der Waals surface area (Å²) in [6.45, 7) is 8.99. The highest BCUT2D eigenvalue weighted by molar-refractivity contribution is 6.23. The summed E-state index contributed by atoms with van der Waals surface area (Å²) in [4.78, 5) is 12.2. The first kappa shape index (κ1) is 13.6. The third-order valence-corrected chi connectivity index (χ3v) is 3.68. The van der Waals surface area contributed by atoms with Gasteiger partial charge in [-0.15, -0.1) is 0 Å². The van der Waals surface area contributed by atoms with Gasteiger partial charge in [0.15, 0.2) is 0 Å². The van der Waals surface area contributed by atoms with Crippen LogP contribution in [0.25, 0.3) is 5.57 Å². The molecule has 0 unspecified atom stereocenters. The topological polar surface area (TPSA) is 60.8 Å². The molecule has 1 heterocycles. The molecule has 0 spiro atoms. The van der Waals surface area contributed by atoms with Gasteiger partial charge in [-0.3, -0.25) is 10.0 Å². The predicted octanol–water partition coefficient (Wildman–Crippen LogP) is 2.89. The Morgan fingerprint density at radius 1 is 1.11 bits per heavy atom. The van der Waals surface area contributed by atoms with E-state index < -0.39 is 11.4 Å². The molecule has 4 heteroatoms. The number of hydrogen-bond donors (Lipinski definition) is 2. The van der Waals surface area contributed by atoms with E-state index in [2.05, 4.69) is 0 Å². The highest BCUT2D eigenvalue weighted by Crippen LogP contribution is 2.39. The van der Waals surface area contributed by atoms with E-state index in [0.717, 1.165) is 16.7 Å². The number of hydrogen-bond acceptors (Lipinski definition) is 3. The molecule has 0 saturated carbocycles. The van der Waals surface area contributed by atoms with Gasteiger partial charge in [0, 0.05) is 0 Å². The van der Waals surface area contributed by atoms with Crippen LogP contribution in [0.15, 0.2) is 17.9 Å². The molecule has 0 atom stereocenters. The largest absolute Gasteiger partial charge is 0.509 e. The molecule has 0 saturated heterocycles. The van der Waals surface area contributed by atoms with Gasteiger partial charge in [0.25, 0.3) is 5.91 Å². The van der Waals surface area contributed by atoms with Gasteiger partial charge in [0.05, 0.1) is 5.57 Å². The quantitative estimate of drug-likeness (QED) is 0.764. The monoisotopic (exact) mass is 261 g/mol. The van der Waals surface area contributed by atoms with Crippen molar-refractivity contribution in [3.8, 4) is 0 Å². The molecule has 0 aliphatic carbocycles. The lowest BCUT2D eigenvalue weighted by atomic mass is 9.91. The molecular weight excluding hydrogens is 242 g/mol. The summed E-state index contributed by atoms with van der Waals surface area (Å²) in [7, 11) is 0. The van der Waals surface area contributed by atoms with Crippen LogP contribution in [0.5, 0.6) is 0 Å². The van der Waals surface area contributed by atoms with E-state index in [1.54, 1.807) is 13.8 Å². The fourth-order valence-corrected chi connectivity index (χ4v) is 2.67. The number of aliphatic hydroxyl groups excluding tert-OH is 1. The zero-order valence-electron chi connectivity index (χ0n) is 11.9. The molecule has 0 fully saturated rings. The van der Waals surface area contributed by atoms with Crippen molar-refractivity contribution < 1.29 is 15.1 Å². The Kier molecular flexibility index (Phi) is 2.94. The van der Waals surface area contributed by atoms with Crippen LogP contribution < -0.4 is 0 Å². The van der Waals surface area contributed by atoms with Crippen LogP contribution in [-0.2, 0) is 4.79 Å². The number of carbonyl (C=O) groups excluding carboxylic acids is 1. The second-order valence-electron chi connectivity index (χ2n) is 5.67. The van der Waals surface area contributed by atoms with Crippen molar-refractivity contribution >= 4 is 11.5 Å². The lowest BCUT2D eigenvalue weighted by Gasteiger charge is -2.25. The molecule has 1 aliphatic heterocycles. The van der Waals surface area contributed by atoms with E-state index in [1.165, 1.54) is 0 Å². The number of rotatable bonds is 1. The van der Waals surface area contributed by atoms with Gasteiger partial charge in [0.2, 0.25) is 0 Å². The number of aryl methyl sites for hydroxylation is 3. The van der Waals surface area contributed by atoms with Crippen LogP contribution in [0.1, 0.15) is 36.1 Å². The van der Waals surface area contributed by atoms with E-state index in [0.29, 0.717) is 10.6 Å². The highest BCUT2D eigenvalue weighted by Gasteiger charge is 2.46. The minimum atomic E-state index is -1.09. The smallest absolute Gasteiger partial charge is 0.282 e. The van der Waals surface area contributed by atoms with Crippen LogP contribution in [-0.4, -0.2) is 26.8 Å². The van der Waals surface area contributed by atoms with E-state index in [9.17, 15) is 15.1 Å². The summed E-state index contributed by atoms with van der Waals surface area (Å²) in [5.74, 6) is -0.646. The van der Waals surface area contributed by atoms with Gasteiger partial charge >= 0.3 is 0 Å². The normalized spacial score (nSPS) is 18.4. The molecule has 0 bridgehead atoms. The zero-order valence-corrected chi connectivity index (χ0v) is 11.9. The Bertz CT molecular complexity index is 576. The molecule has 4 nitrogen and oxygen atoms in total. The maximum Gasteiger partial charge on any atom is 0.282 e. The first-order valence-electron chi connectivity index (χ1n) is 6.23. The van der Waals surface area contributed by atoms with Crippen molar-refractivity contribution in [3.05, 3.63) is 40.1 Å². The predicted molar refractivity (Wildman–Crippen MR) is 72.9 cm³/mol. The summed E-state index contributed by atoms with van der Waals surface area (Å²) in [5.41, 5.74) is 2.75. The molecule has 102 valence electrons. The van der Waals surface area contributed by atoms with Gasteiger partial charge in [-0.05, 0) is 51.3 Å². The maximum atomic E-state index is 12.2. The van der Waals surface area contributed by atoms with Gasteiger partial charge < -0.3 is 5.11 Å². The standard InChI is InChI=1S/C15H19NO3/c1-8-6-9(2)11(10(3)7-8)12-13(17)15(4,5)16(19)14(12)18/h6-7,17,19H,1-5H3. The van der Waals surface area contributed by atoms with Crippen LogP contribution in [0.3, 0.4) is 0 Å². The first-order valence-corrected chi connectivity index (χ1v) is 6.23. The molecule has 0 radical (unpaired) electrons. The van der Waals surface area contributed by atoms with Gasteiger partial charge in [-0.25, -0.2) is 5.06 Å². The summed E-state index contributed by atoms with van der Waals surface area (Å²) in [5, 5.41) is 20.7. The second-order valence-corrected chi connectivity index (χ2v) is 5.67. The lowest BCUT2D eigenvalue weighted by Crippen LogP contribution is -2.40. The van der Waals surface area contributed by atoms with Crippen LogP contribution in [0.4, 0.5) is 0 Å².